The van der Waals surface area contributed by atoms with Crippen LogP contribution in [0.15, 0.2) is 83.8 Å². The van der Waals surface area contributed by atoms with E-state index >= 15 is 0 Å². The Labute approximate surface area is 199 Å². The third kappa shape index (κ3) is 5.82. The van der Waals surface area contributed by atoms with E-state index in [4.69, 9.17) is 0 Å². The van der Waals surface area contributed by atoms with Crippen molar-refractivity contribution in [1.29, 1.82) is 0 Å². The van der Waals surface area contributed by atoms with Crippen LogP contribution in [0.3, 0.4) is 0 Å². The van der Waals surface area contributed by atoms with Crippen molar-refractivity contribution in [3.05, 3.63) is 90.0 Å². The first-order valence-electron chi connectivity index (χ1n) is 11.2. The number of amides is 2. The largest absolute Gasteiger partial charge is 0.349 e. The summed E-state index contributed by atoms with van der Waals surface area (Å²) in [4.78, 5) is 24.9. The lowest BCUT2D eigenvalue weighted by atomic mass is 10.2. The fourth-order valence-electron chi connectivity index (χ4n) is 3.45. The Bertz CT molecular complexity index is 1250. The van der Waals surface area contributed by atoms with E-state index < -0.39 is 10.0 Å². The van der Waals surface area contributed by atoms with Gasteiger partial charge in [0.25, 0.3) is 15.9 Å². The van der Waals surface area contributed by atoms with Crippen molar-refractivity contribution in [2.24, 2.45) is 0 Å². The van der Waals surface area contributed by atoms with Crippen LogP contribution in [-0.2, 0) is 14.8 Å². The molecule has 0 radical (unpaired) electrons. The maximum Gasteiger partial charge on any atom is 0.264 e. The minimum atomic E-state index is -3.85. The van der Waals surface area contributed by atoms with Crippen molar-refractivity contribution in [2.75, 3.05) is 16.2 Å². The normalized spacial score (nSPS) is 13.2. The molecular weight excluding hydrogens is 450 g/mol. The van der Waals surface area contributed by atoms with Gasteiger partial charge in [0.15, 0.2) is 0 Å². The second-order valence-corrected chi connectivity index (χ2v) is 10.2. The van der Waals surface area contributed by atoms with E-state index in [-0.39, 0.29) is 35.7 Å². The molecule has 7 nitrogen and oxygen atoms in total. The van der Waals surface area contributed by atoms with E-state index in [9.17, 15) is 18.0 Å². The van der Waals surface area contributed by atoms with Crippen LogP contribution in [-0.4, -0.2) is 32.8 Å². The molecule has 34 heavy (non-hydrogen) atoms. The highest BCUT2D eigenvalue weighted by atomic mass is 32.2. The second-order valence-electron chi connectivity index (χ2n) is 8.35. The molecule has 1 aliphatic carbocycles. The van der Waals surface area contributed by atoms with Gasteiger partial charge in [0.1, 0.15) is 0 Å². The van der Waals surface area contributed by atoms with Crippen molar-refractivity contribution in [3.8, 4) is 0 Å². The zero-order chi connectivity index (χ0) is 24.1. The van der Waals surface area contributed by atoms with Gasteiger partial charge >= 0.3 is 0 Å². The van der Waals surface area contributed by atoms with E-state index in [0.29, 0.717) is 16.9 Å². The molecule has 1 aliphatic rings. The third-order valence-electron chi connectivity index (χ3n) is 5.54. The van der Waals surface area contributed by atoms with Gasteiger partial charge in [0, 0.05) is 30.3 Å². The number of carbonyl (C=O) groups is 2. The molecule has 0 aliphatic heterocycles. The molecule has 4 rings (SSSR count). The van der Waals surface area contributed by atoms with Crippen molar-refractivity contribution in [2.45, 2.75) is 37.1 Å². The molecule has 0 spiro atoms. The number of nitrogens with zero attached hydrogens (tertiary/aromatic N) is 1. The Kier molecular flexibility index (Phi) is 6.98. The van der Waals surface area contributed by atoms with Gasteiger partial charge in [-0.25, -0.2) is 8.42 Å². The number of rotatable bonds is 9. The fourth-order valence-corrected chi connectivity index (χ4v) is 4.91. The summed E-state index contributed by atoms with van der Waals surface area (Å²) in [6.45, 7) is 1.87. The predicted molar refractivity (Wildman–Crippen MR) is 132 cm³/mol. The highest BCUT2D eigenvalue weighted by molar-refractivity contribution is 7.92. The standard InChI is InChI=1S/C26H27N3O4S/c1-19-7-15-24(16-8-19)34(32,33)29(23-5-3-2-4-6-23)18-17-25(30)27-21-11-9-20(10-12-21)26(31)28-22-13-14-22/h2-12,15-16,22H,13-14,17-18H2,1H3,(H,27,30)(H,28,31). The van der Waals surface area contributed by atoms with Crippen molar-refractivity contribution < 1.29 is 18.0 Å². The van der Waals surface area contributed by atoms with Crippen LogP contribution >= 0.6 is 0 Å². The summed E-state index contributed by atoms with van der Waals surface area (Å²) in [6, 6.07) is 22.3. The number of hydrogen-bond acceptors (Lipinski definition) is 4. The maximum absolute atomic E-state index is 13.4. The van der Waals surface area contributed by atoms with Gasteiger partial charge in [0.2, 0.25) is 5.91 Å². The van der Waals surface area contributed by atoms with E-state index in [1.54, 1.807) is 72.8 Å². The number of benzene rings is 3. The molecule has 3 aromatic rings. The molecule has 176 valence electrons. The van der Waals surface area contributed by atoms with Crippen LogP contribution in [0.5, 0.6) is 0 Å². The second kappa shape index (κ2) is 10.1. The minimum absolute atomic E-state index is 0.0199. The molecular formula is C26H27N3O4S. The molecule has 8 heteroatoms. The molecule has 0 bridgehead atoms. The topological polar surface area (TPSA) is 95.6 Å². The third-order valence-corrected chi connectivity index (χ3v) is 7.38. The number of aryl methyl sites for hydroxylation is 1. The summed E-state index contributed by atoms with van der Waals surface area (Å²) in [5.74, 6) is -0.449. The quantitative estimate of drug-likeness (QED) is 0.485. The summed E-state index contributed by atoms with van der Waals surface area (Å²) in [7, 11) is -3.85. The number of para-hydroxylation sites is 1. The number of hydrogen-bond donors (Lipinski definition) is 2. The number of anilines is 2. The van der Waals surface area contributed by atoms with Gasteiger partial charge in [0.05, 0.1) is 10.6 Å². The summed E-state index contributed by atoms with van der Waals surface area (Å²) < 4.78 is 28.0. The monoisotopic (exact) mass is 477 g/mol. The molecule has 0 unspecified atom stereocenters. The van der Waals surface area contributed by atoms with Gasteiger partial charge < -0.3 is 10.6 Å². The molecule has 1 fully saturated rings. The van der Waals surface area contributed by atoms with Crippen LogP contribution in [0.2, 0.25) is 0 Å². The summed E-state index contributed by atoms with van der Waals surface area (Å²) in [5.41, 5.74) is 2.52. The van der Waals surface area contributed by atoms with Crippen molar-refractivity contribution in [1.82, 2.24) is 5.32 Å². The Balaban J connectivity index is 1.43. The molecule has 2 N–H and O–H groups in total. The van der Waals surface area contributed by atoms with Crippen molar-refractivity contribution >= 4 is 33.2 Å². The first-order chi connectivity index (χ1) is 16.3. The molecule has 1 saturated carbocycles. The molecule has 3 aromatic carbocycles. The molecule has 0 saturated heterocycles. The zero-order valence-corrected chi connectivity index (χ0v) is 19.7. The minimum Gasteiger partial charge on any atom is -0.349 e. The average molecular weight is 478 g/mol. The summed E-state index contributed by atoms with van der Waals surface area (Å²) in [6.07, 6.45) is 1.99. The Morgan fingerprint density at radius 2 is 1.56 bits per heavy atom. The Morgan fingerprint density at radius 3 is 2.18 bits per heavy atom. The average Bonchev–Trinajstić information content (AvgIpc) is 3.64. The highest BCUT2D eigenvalue weighted by Crippen LogP contribution is 2.24. The lowest BCUT2D eigenvalue weighted by Gasteiger charge is -2.24. The smallest absolute Gasteiger partial charge is 0.264 e. The first-order valence-corrected chi connectivity index (χ1v) is 12.6. The van der Waals surface area contributed by atoms with Crippen molar-refractivity contribution in [3.63, 3.8) is 0 Å². The molecule has 0 aromatic heterocycles. The van der Waals surface area contributed by atoms with Gasteiger partial charge in [-0.2, -0.15) is 0 Å². The maximum atomic E-state index is 13.4. The van der Waals surface area contributed by atoms with Crippen LogP contribution in [0, 0.1) is 6.92 Å². The molecule has 2 amide bonds. The van der Waals surface area contributed by atoms with Crippen LogP contribution in [0.1, 0.15) is 35.2 Å². The number of nitrogens with one attached hydrogen (secondary N) is 2. The number of sulfonamides is 1. The molecule has 0 heterocycles. The van der Waals surface area contributed by atoms with Crippen LogP contribution in [0.25, 0.3) is 0 Å². The highest BCUT2D eigenvalue weighted by Gasteiger charge is 2.26. The Morgan fingerprint density at radius 1 is 0.912 bits per heavy atom. The van der Waals surface area contributed by atoms with Crippen LogP contribution in [0.4, 0.5) is 11.4 Å². The van der Waals surface area contributed by atoms with E-state index in [0.717, 1.165) is 18.4 Å². The van der Waals surface area contributed by atoms with Gasteiger partial charge in [-0.05, 0) is 68.3 Å². The number of carbonyl (C=O) groups excluding carboxylic acids is 2. The van der Waals surface area contributed by atoms with E-state index in [1.807, 2.05) is 13.0 Å². The Hall–Kier alpha value is -3.65. The fraction of sp³-hybridized carbons (Fsp3) is 0.231. The lowest BCUT2D eigenvalue weighted by Crippen LogP contribution is -2.34. The van der Waals surface area contributed by atoms with Crippen LogP contribution < -0.4 is 14.9 Å². The van der Waals surface area contributed by atoms with Gasteiger partial charge in [-0.15, -0.1) is 0 Å². The zero-order valence-electron chi connectivity index (χ0n) is 18.9. The summed E-state index contributed by atoms with van der Waals surface area (Å²) >= 11 is 0. The summed E-state index contributed by atoms with van der Waals surface area (Å²) in [5, 5.41) is 5.70. The SMILES string of the molecule is Cc1ccc(S(=O)(=O)N(CCC(=O)Nc2ccc(C(=O)NC3CC3)cc2)c2ccccc2)cc1. The predicted octanol–water partition coefficient (Wildman–Crippen LogP) is 4.11. The van der Waals surface area contributed by atoms with E-state index in [1.165, 1.54) is 4.31 Å². The van der Waals surface area contributed by atoms with E-state index in [2.05, 4.69) is 10.6 Å². The van der Waals surface area contributed by atoms with Gasteiger partial charge in [-0.3, -0.25) is 13.9 Å². The van der Waals surface area contributed by atoms with Gasteiger partial charge in [-0.1, -0.05) is 35.9 Å². The molecule has 0 atom stereocenters. The first kappa shape index (κ1) is 23.5. The lowest BCUT2D eigenvalue weighted by molar-refractivity contribution is -0.116.